The van der Waals surface area contributed by atoms with E-state index in [9.17, 15) is 9.59 Å². The van der Waals surface area contributed by atoms with E-state index in [4.69, 9.17) is 0 Å². The second kappa shape index (κ2) is 10.1. The molecule has 0 bridgehead atoms. The summed E-state index contributed by atoms with van der Waals surface area (Å²) in [5, 5.41) is 6.93. The van der Waals surface area contributed by atoms with E-state index in [2.05, 4.69) is 44.3 Å². The van der Waals surface area contributed by atoms with Crippen LogP contribution in [0.15, 0.2) is 42.6 Å². The first-order valence-corrected chi connectivity index (χ1v) is 11.5. The van der Waals surface area contributed by atoms with Crippen molar-refractivity contribution in [2.75, 3.05) is 45.6 Å². The van der Waals surface area contributed by atoms with Crippen LogP contribution in [0, 0.1) is 6.92 Å². The molecule has 1 aliphatic rings. The van der Waals surface area contributed by atoms with Crippen LogP contribution in [0.3, 0.4) is 0 Å². The van der Waals surface area contributed by atoms with Crippen LogP contribution in [0.4, 0.5) is 15.3 Å². The molecule has 3 heterocycles. The Morgan fingerprint density at radius 2 is 1.85 bits per heavy atom. The van der Waals surface area contributed by atoms with E-state index in [0.29, 0.717) is 12.2 Å². The molecule has 0 saturated carbocycles. The zero-order chi connectivity index (χ0) is 24.2. The number of aryl methyl sites for hydroxylation is 2. The van der Waals surface area contributed by atoms with Gasteiger partial charge in [-0.3, -0.25) is 9.88 Å². The van der Waals surface area contributed by atoms with Gasteiger partial charge >= 0.3 is 12.1 Å². The highest BCUT2D eigenvalue weighted by Crippen LogP contribution is 2.24. The molecule has 180 valence electrons. The van der Waals surface area contributed by atoms with Crippen LogP contribution >= 0.6 is 0 Å². The molecule has 0 radical (unpaired) electrons. The van der Waals surface area contributed by atoms with Crippen molar-refractivity contribution in [3.05, 3.63) is 59.5 Å². The molecule has 2 N–H and O–H groups in total. The van der Waals surface area contributed by atoms with Crippen LogP contribution in [0.25, 0.3) is 10.9 Å². The van der Waals surface area contributed by atoms with Gasteiger partial charge in [0.05, 0.1) is 17.4 Å². The maximum Gasteiger partial charge on any atom is 0.319 e. The number of nitrogens with one attached hydrogen (secondary N) is 2. The van der Waals surface area contributed by atoms with Crippen LogP contribution in [0.2, 0.25) is 0 Å². The Balaban J connectivity index is 1.39. The van der Waals surface area contributed by atoms with Crippen LogP contribution in [0.1, 0.15) is 17.0 Å². The van der Waals surface area contributed by atoms with E-state index in [-0.39, 0.29) is 12.1 Å². The van der Waals surface area contributed by atoms with Crippen molar-refractivity contribution in [1.29, 1.82) is 0 Å². The fraction of sp³-hybridized carbons (Fsp3) is 0.400. The van der Waals surface area contributed by atoms with Gasteiger partial charge in [-0.15, -0.1) is 0 Å². The number of carbonyl (C=O) groups excluding carboxylic acids is 2. The van der Waals surface area contributed by atoms with Gasteiger partial charge < -0.3 is 25.0 Å². The number of para-hydroxylation sites is 1. The molecule has 1 saturated heterocycles. The molecule has 0 atom stereocenters. The Kier molecular flexibility index (Phi) is 7.02. The van der Waals surface area contributed by atoms with E-state index in [1.807, 2.05) is 36.1 Å². The fourth-order valence-electron chi connectivity index (χ4n) is 4.35. The largest absolute Gasteiger partial charge is 0.346 e. The van der Waals surface area contributed by atoms with Crippen LogP contribution < -0.4 is 10.6 Å². The van der Waals surface area contributed by atoms with Gasteiger partial charge in [0, 0.05) is 77.2 Å². The predicted molar refractivity (Wildman–Crippen MR) is 134 cm³/mol. The predicted octanol–water partition coefficient (Wildman–Crippen LogP) is 3.00. The van der Waals surface area contributed by atoms with Gasteiger partial charge in [0.1, 0.15) is 0 Å². The highest BCUT2D eigenvalue weighted by molar-refractivity contribution is 5.90. The maximum atomic E-state index is 12.4. The molecule has 4 amide bonds. The Morgan fingerprint density at radius 3 is 2.53 bits per heavy atom. The SMILES string of the molecule is Cc1ccc(NC(=O)NCc2cccc3cc(CN4CCN(C(=O)N(C)C)CC4)n(C)c23)cn1. The molecule has 3 aromatic rings. The summed E-state index contributed by atoms with van der Waals surface area (Å²) in [6.45, 7) is 6.33. The molecule has 4 rings (SSSR count). The molecule has 0 unspecified atom stereocenters. The quantitative estimate of drug-likeness (QED) is 0.609. The zero-order valence-corrected chi connectivity index (χ0v) is 20.3. The lowest BCUT2D eigenvalue weighted by atomic mass is 10.1. The van der Waals surface area contributed by atoms with Crippen molar-refractivity contribution in [3.8, 4) is 0 Å². The van der Waals surface area contributed by atoms with Crippen molar-refractivity contribution >= 4 is 28.7 Å². The van der Waals surface area contributed by atoms with Crippen LogP contribution in [-0.2, 0) is 20.1 Å². The molecule has 9 nitrogen and oxygen atoms in total. The number of rotatable bonds is 5. The Labute approximate surface area is 200 Å². The van der Waals surface area contributed by atoms with Gasteiger partial charge in [0.15, 0.2) is 0 Å². The van der Waals surface area contributed by atoms with Gasteiger partial charge in [-0.2, -0.15) is 0 Å². The summed E-state index contributed by atoms with van der Waals surface area (Å²) in [6.07, 6.45) is 1.65. The van der Waals surface area contributed by atoms with E-state index in [1.165, 1.54) is 5.69 Å². The summed E-state index contributed by atoms with van der Waals surface area (Å²) in [5.74, 6) is 0. The lowest BCUT2D eigenvalue weighted by Gasteiger charge is -2.35. The lowest BCUT2D eigenvalue weighted by molar-refractivity contribution is 0.119. The summed E-state index contributed by atoms with van der Waals surface area (Å²) >= 11 is 0. The van der Waals surface area contributed by atoms with E-state index in [1.54, 1.807) is 25.2 Å². The van der Waals surface area contributed by atoms with Crippen molar-refractivity contribution in [1.82, 2.24) is 29.6 Å². The third-order valence-corrected chi connectivity index (χ3v) is 6.26. The van der Waals surface area contributed by atoms with E-state index < -0.39 is 0 Å². The molecule has 9 heteroatoms. The molecular weight excluding hydrogens is 430 g/mol. The van der Waals surface area contributed by atoms with Crippen molar-refractivity contribution in [2.24, 2.45) is 7.05 Å². The summed E-state index contributed by atoms with van der Waals surface area (Å²) in [6, 6.07) is 11.9. The number of urea groups is 2. The molecule has 1 aliphatic heterocycles. The standard InChI is InChI=1S/C25H33N7O2/c1-18-8-9-21(16-26-18)28-24(33)27-15-20-7-5-6-19-14-22(30(4)23(19)20)17-31-10-12-32(13-11-31)25(34)29(2)3/h5-9,14,16H,10-13,15,17H2,1-4H3,(H2,27,28,33). The molecule has 0 aliphatic carbocycles. The molecule has 0 spiro atoms. The third-order valence-electron chi connectivity index (χ3n) is 6.26. The average molecular weight is 464 g/mol. The van der Waals surface area contributed by atoms with Gasteiger partial charge in [-0.25, -0.2) is 9.59 Å². The number of benzene rings is 1. The average Bonchev–Trinajstić information content (AvgIpc) is 3.15. The number of carbonyl (C=O) groups is 2. The number of amides is 4. The highest BCUT2D eigenvalue weighted by atomic mass is 16.2. The van der Waals surface area contributed by atoms with Crippen molar-refractivity contribution in [3.63, 3.8) is 0 Å². The van der Waals surface area contributed by atoms with Gasteiger partial charge in [-0.05, 0) is 30.7 Å². The molecule has 1 fully saturated rings. The molecule has 1 aromatic carbocycles. The minimum Gasteiger partial charge on any atom is -0.346 e. The maximum absolute atomic E-state index is 12.4. The molecular formula is C25H33N7O2. The first kappa shape index (κ1) is 23.6. The number of pyridine rings is 1. The summed E-state index contributed by atoms with van der Waals surface area (Å²) < 4.78 is 2.21. The number of fused-ring (bicyclic) bond motifs is 1. The number of hydrogen-bond acceptors (Lipinski definition) is 4. The first-order chi connectivity index (χ1) is 16.3. The van der Waals surface area contributed by atoms with Crippen LogP contribution in [0.5, 0.6) is 0 Å². The van der Waals surface area contributed by atoms with Gasteiger partial charge in [0.2, 0.25) is 0 Å². The Hall–Kier alpha value is -3.59. The first-order valence-electron chi connectivity index (χ1n) is 11.5. The number of anilines is 1. The topological polar surface area (TPSA) is 85.7 Å². The minimum absolute atomic E-state index is 0.0732. The normalized spacial score (nSPS) is 14.3. The summed E-state index contributed by atoms with van der Waals surface area (Å²) in [5.41, 5.74) is 4.96. The smallest absolute Gasteiger partial charge is 0.319 e. The van der Waals surface area contributed by atoms with Crippen molar-refractivity contribution < 1.29 is 9.59 Å². The Morgan fingerprint density at radius 1 is 1.09 bits per heavy atom. The number of piperazine rings is 1. The van der Waals surface area contributed by atoms with E-state index >= 15 is 0 Å². The fourth-order valence-corrected chi connectivity index (χ4v) is 4.35. The third kappa shape index (κ3) is 5.31. The zero-order valence-electron chi connectivity index (χ0n) is 20.3. The highest BCUT2D eigenvalue weighted by Gasteiger charge is 2.23. The number of nitrogens with zero attached hydrogens (tertiary/aromatic N) is 5. The summed E-state index contributed by atoms with van der Waals surface area (Å²) in [4.78, 5) is 34.7. The molecule has 2 aromatic heterocycles. The van der Waals surface area contributed by atoms with Gasteiger partial charge in [0.25, 0.3) is 0 Å². The summed E-state index contributed by atoms with van der Waals surface area (Å²) in [7, 11) is 5.66. The van der Waals surface area contributed by atoms with Crippen molar-refractivity contribution in [2.45, 2.75) is 20.0 Å². The second-order valence-electron chi connectivity index (χ2n) is 8.99. The number of hydrogen-bond donors (Lipinski definition) is 2. The monoisotopic (exact) mass is 463 g/mol. The minimum atomic E-state index is -0.262. The lowest BCUT2D eigenvalue weighted by Crippen LogP contribution is -2.51. The van der Waals surface area contributed by atoms with Crippen LogP contribution in [-0.4, -0.2) is 76.6 Å². The Bertz CT molecular complexity index is 1160. The molecule has 34 heavy (non-hydrogen) atoms. The number of aromatic nitrogens is 2. The van der Waals surface area contributed by atoms with Gasteiger partial charge in [-0.1, -0.05) is 18.2 Å². The second-order valence-corrected chi connectivity index (χ2v) is 8.99. The van der Waals surface area contributed by atoms with E-state index in [0.717, 1.165) is 54.9 Å².